The van der Waals surface area contributed by atoms with E-state index in [0.717, 1.165) is 16.9 Å². The molecule has 0 aliphatic carbocycles. The molecule has 1 amide bonds. The van der Waals surface area contributed by atoms with Crippen LogP contribution in [0, 0.1) is 12.8 Å². The van der Waals surface area contributed by atoms with Gasteiger partial charge in [-0.1, -0.05) is 42.9 Å². The van der Waals surface area contributed by atoms with Crippen molar-refractivity contribution in [1.82, 2.24) is 10.2 Å². The summed E-state index contributed by atoms with van der Waals surface area (Å²) < 4.78 is 27.0. The second-order valence-corrected chi connectivity index (χ2v) is 8.89. The summed E-state index contributed by atoms with van der Waals surface area (Å²) in [6.07, 6.45) is 1.42. The third-order valence-corrected chi connectivity index (χ3v) is 7.20. The Bertz CT molecular complexity index is 843. The molecule has 0 atom stereocenters. The maximum atomic E-state index is 12.9. The Hall–Kier alpha value is -2.00. The molecule has 1 aromatic carbocycles. The van der Waals surface area contributed by atoms with Crippen molar-refractivity contribution in [3.8, 4) is 0 Å². The van der Waals surface area contributed by atoms with E-state index in [1.165, 1.54) is 4.31 Å². The van der Waals surface area contributed by atoms with Gasteiger partial charge in [-0.05, 0) is 38.8 Å². The first-order valence-electron chi connectivity index (χ1n) is 8.57. The van der Waals surface area contributed by atoms with Crippen LogP contribution in [0.3, 0.4) is 0 Å². The molecule has 2 rings (SSSR count). The Labute approximate surface area is 158 Å². The van der Waals surface area contributed by atoms with Gasteiger partial charge in [-0.3, -0.25) is 9.10 Å². The number of nitrogens with one attached hydrogen (secondary N) is 1. The standard InChI is InChI=1S/C17H24N4O3S2/c1-5-13(6-2)15(22)18-16-19-20-17(25-16)26(23,24)21(7-3)14-10-8-12(4)9-11-14/h8-11,13H,5-7H2,1-4H3,(H,18,19,22). The molecule has 7 nitrogen and oxygen atoms in total. The van der Waals surface area contributed by atoms with Crippen molar-refractivity contribution in [2.75, 3.05) is 16.2 Å². The minimum atomic E-state index is -3.84. The van der Waals surface area contributed by atoms with Crippen LogP contribution in [0.1, 0.15) is 39.2 Å². The van der Waals surface area contributed by atoms with Gasteiger partial charge >= 0.3 is 0 Å². The molecule has 0 aliphatic rings. The molecule has 0 aliphatic heterocycles. The van der Waals surface area contributed by atoms with Crippen molar-refractivity contribution < 1.29 is 13.2 Å². The molecule has 0 radical (unpaired) electrons. The molecular weight excluding hydrogens is 372 g/mol. The van der Waals surface area contributed by atoms with Gasteiger partial charge in [0.1, 0.15) is 0 Å². The number of sulfonamides is 1. The molecule has 1 heterocycles. The van der Waals surface area contributed by atoms with E-state index in [1.54, 1.807) is 19.1 Å². The van der Waals surface area contributed by atoms with Gasteiger partial charge in [0.15, 0.2) is 0 Å². The van der Waals surface area contributed by atoms with E-state index in [-0.39, 0.29) is 27.8 Å². The van der Waals surface area contributed by atoms with Gasteiger partial charge in [0, 0.05) is 12.5 Å². The van der Waals surface area contributed by atoms with Crippen LogP contribution in [0.15, 0.2) is 28.6 Å². The maximum Gasteiger partial charge on any atom is 0.293 e. The largest absolute Gasteiger partial charge is 0.300 e. The number of aryl methyl sites for hydroxylation is 1. The minimum Gasteiger partial charge on any atom is -0.300 e. The van der Waals surface area contributed by atoms with Crippen LogP contribution in [-0.4, -0.2) is 31.1 Å². The van der Waals surface area contributed by atoms with Crippen LogP contribution < -0.4 is 9.62 Å². The van der Waals surface area contributed by atoms with E-state index >= 15 is 0 Å². The summed E-state index contributed by atoms with van der Waals surface area (Å²) >= 11 is 0.864. The van der Waals surface area contributed by atoms with Gasteiger partial charge in [0.05, 0.1) is 5.69 Å². The number of aromatic nitrogens is 2. The lowest BCUT2D eigenvalue weighted by Gasteiger charge is -2.21. The Morgan fingerprint density at radius 1 is 1.15 bits per heavy atom. The number of carbonyl (C=O) groups excluding carboxylic acids is 1. The number of rotatable bonds is 8. The highest BCUT2D eigenvalue weighted by molar-refractivity contribution is 7.94. The number of amides is 1. The SMILES string of the molecule is CCC(CC)C(=O)Nc1nnc(S(=O)(=O)N(CC)c2ccc(C)cc2)s1. The minimum absolute atomic E-state index is 0.126. The van der Waals surface area contributed by atoms with Crippen LogP contribution in [0.2, 0.25) is 0 Å². The van der Waals surface area contributed by atoms with Crippen LogP contribution in [-0.2, 0) is 14.8 Å². The van der Waals surface area contributed by atoms with Crippen LogP contribution in [0.25, 0.3) is 0 Å². The second-order valence-electron chi connectivity index (χ2n) is 5.88. The molecular formula is C17H24N4O3S2. The summed E-state index contributed by atoms with van der Waals surface area (Å²) in [5.41, 5.74) is 1.61. The van der Waals surface area contributed by atoms with Crippen LogP contribution in [0.4, 0.5) is 10.8 Å². The number of benzene rings is 1. The maximum absolute atomic E-state index is 12.9. The molecule has 0 fully saturated rings. The molecule has 0 saturated heterocycles. The average Bonchev–Trinajstić information content (AvgIpc) is 3.07. The zero-order valence-corrected chi connectivity index (χ0v) is 17.0. The van der Waals surface area contributed by atoms with E-state index in [0.29, 0.717) is 18.5 Å². The third-order valence-electron chi connectivity index (χ3n) is 4.11. The van der Waals surface area contributed by atoms with Crippen molar-refractivity contribution in [1.29, 1.82) is 0 Å². The Morgan fingerprint density at radius 3 is 2.31 bits per heavy atom. The summed E-state index contributed by atoms with van der Waals surface area (Å²) in [7, 11) is -3.84. The van der Waals surface area contributed by atoms with Crippen molar-refractivity contribution in [2.24, 2.45) is 5.92 Å². The van der Waals surface area contributed by atoms with Gasteiger partial charge in [-0.2, -0.15) is 8.42 Å². The van der Waals surface area contributed by atoms with Gasteiger partial charge < -0.3 is 5.32 Å². The van der Waals surface area contributed by atoms with Crippen molar-refractivity contribution in [3.05, 3.63) is 29.8 Å². The predicted molar refractivity (Wildman–Crippen MR) is 104 cm³/mol. The summed E-state index contributed by atoms with van der Waals surface area (Å²) in [4.78, 5) is 12.1. The molecule has 0 bridgehead atoms. The van der Waals surface area contributed by atoms with Gasteiger partial charge in [-0.25, -0.2) is 0 Å². The van der Waals surface area contributed by atoms with Gasteiger partial charge in [-0.15, -0.1) is 10.2 Å². The fourth-order valence-corrected chi connectivity index (χ4v) is 5.01. The van der Waals surface area contributed by atoms with E-state index < -0.39 is 10.0 Å². The van der Waals surface area contributed by atoms with Crippen molar-refractivity contribution >= 4 is 38.1 Å². The number of hydrogen-bond donors (Lipinski definition) is 1. The molecule has 142 valence electrons. The second kappa shape index (κ2) is 8.59. The lowest BCUT2D eigenvalue weighted by Crippen LogP contribution is -2.30. The smallest absolute Gasteiger partial charge is 0.293 e. The molecule has 0 saturated carbocycles. The molecule has 26 heavy (non-hydrogen) atoms. The summed E-state index contributed by atoms with van der Waals surface area (Å²) in [5, 5.41) is 10.5. The highest BCUT2D eigenvalue weighted by Crippen LogP contribution is 2.28. The lowest BCUT2D eigenvalue weighted by atomic mass is 10.0. The average molecular weight is 397 g/mol. The molecule has 1 aromatic heterocycles. The molecule has 2 aromatic rings. The Kier molecular flexibility index (Phi) is 6.71. The molecule has 1 N–H and O–H groups in total. The predicted octanol–water partition coefficient (Wildman–Crippen LogP) is 3.44. The molecule has 9 heteroatoms. The number of hydrogen-bond acceptors (Lipinski definition) is 6. The fourth-order valence-electron chi connectivity index (χ4n) is 2.53. The number of nitrogens with zero attached hydrogens (tertiary/aromatic N) is 3. The number of anilines is 2. The Morgan fingerprint density at radius 2 is 1.77 bits per heavy atom. The van der Waals surface area contributed by atoms with E-state index in [2.05, 4.69) is 15.5 Å². The van der Waals surface area contributed by atoms with Gasteiger partial charge in [0.25, 0.3) is 14.4 Å². The monoisotopic (exact) mass is 396 g/mol. The lowest BCUT2D eigenvalue weighted by molar-refractivity contribution is -0.120. The number of carbonyl (C=O) groups is 1. The normalized spacial score (nSPS) is 11.6. The fraction of sp³-hybridized carbons (Fsp3) is 0.471. The first kappa shape index (κ1) is 20.3. The van der Waals surface area contributed by atoms with E-state index in [4.69, 9.17) is 0 Å². The van der Waals surface area contributed by atoms with Crippen molar-refractivity contribution in [2.45, 2.75) is 44.9 Å². The highest BCUT2D eigenvalue weighted by Gasteiger charge is 2.28. The first-order chi connectivity index (χ1) is 12.3. The quantitative estimate of drug-likeness (QED) is 0.690. The highest BCUT2D eigenvalue weighted by atomic mass is 32.2. The van der Waals surface area contributed by atoms with Crippen molar-refractivity contribution in [3.63, 3.8) is 0 Å². The van der Waals surface area contributed by atoms with Gasteiger partial charge in [0.2, 0.25) is 11.0 Å². The zero-order chi connectivity index (χ0) is 19.3. The third kappa shape index (κ3) is 4.39. The van der Waals surface area contributed by atoms with E-state index in [1.807, 2.05) is 32.9 Å². The summed E-state index contributed by atoms with van der Waals surface area (Å²) in [6.45, 7) is 7.83. The van der Waals surface area contributed by atoms with Crippen LogP contribution >= 0.6 is 11.3 Å². The van der Waals surface area contributed by atoms with E-state index in [9.17, 15) is 13.2 Å². The van der Waals surface area contributed by atoms with Crippen LogP contribution in [0.5, 0.6) is 0 Å². The zero-order valence-electron chi connectivity index (χ0n) is 15.4. The summed E-state index contributed by atoms with van der Waals surface area (Å²) in [5.74, 6) is -0.292. The molecule has 0 unspecified atom stereocenters. The topological polar surface area (TPSA) is 92.3 Å². The summed E-state index contributed by atoms with van der Waals surface area (Å²) in [6, 6.07) is 7.23. The Balaban J connectivity index is 2.25. The molecule has 0 spiro atoms. The first-order valence-corrected chi connectivity index (χ1v) is 10.8.